The second-order valence-electron chi connectivity index (χ2n) is 2.81. The van der Waals surface area contributed by atoms with Crippen molar-refractivity contribution in [3.8, 4) is 0 Å². The van der Waals surface area contributed by atoms with E-state index >= 15 is 0 Å². The molecule has 1 heterocycles. The van der Waals surface area contributed by atoms with Crippen molar-refractivity contribution in [2.45, 2.75) is 20.3 Å². The first-order valence-corrected chi connectivity index (χ1v) is 3.50. The van der Waals surface area contributed by atoms with Crippen LogP contribution in [0.4, 0.5) is 0 Å². The molecule has 0 bridgehead atoms. The third-order valence-electron chi connectivity index (χ3n) is 1.30. The molecule has 0 fully saturated rings. The van der Waals surface area contributed by atoms with E-state index in [1.165, 1.54) is 0 Å². The maximum atomic E-state index is 10.3. The lowest BCUT2D eigenvalue weighted by atomic mass is 10.1. The average molecular weight is 154 g/mol. The Hall–Kier alpha value is -1.19. The zero-order valence-electron chi connectivity index (χ0n) is 6.57. The van der Waals surface area contributed by atoms with Crippen molar-refractivity contribution in [3.05, 3.63) is 11.4 Å². The van der Waals surface area contributed by atoms with Gasteiger partial charge in [-0.15, -0.1) is 0 Å². The van der Waals surface area contributed by atoms with Crippen molar-refractivity contribution < 1.29 is 9.42 Å². The van der Waals surface area contributed by atoms with Crippen LogP contribution in [0.5, 0.6) is 0 Å². The Balaban J connectivity index is 2.76. The van der Waals surface area contributed by atoms with Crippen molar-refractivity contribution in [1.29, 1.82) is 0 Å². The predicted molar refractivity (Wildman–Crippen MR) is 38.2 cm³/mol. The fraction of sp³-hybridized carbons (Fsp3) is 0.571. The fourth-order valence-electron chi connectivity index (χ4n) is 0.831. The lowest BCUT2D eigenvalue weighted by molar-refractivity contribution is 0.111. The number of hydrogen-bond donors (Lipinski definition) is 0. The van der Waals surface area contributed by atoms with Crippen LogP contribution in [0.1, 0.15) is 30.0 Å². The molecule has 0 atom stereocenters. The second-order valence-corrected chi connectivity index (χ2v) is 2.81. The molecule has 0 aliphatic carbocycles. The predicted octanol–water partition coefficient (Wildman–Crippen LogP) is 1.08. The summed E-state index contributed by atoms with van der Waals surface area (Å²) in [4.78, 5) is 10.3. The van der Waals surface area contributed by atoms with Gasteiger partial charge >= 0.3 is 0 Å². The van der Waals surface area contributed by atoms with Gasteiger partial charge in [0.05, 0.1) is 0 Å². The van der Waals surface area contributed by atoms with E-state index in [0.29, 0.717) is 23.6 Å². The van der Waals surface area contributed by atoms with E-state index in [1.807, 2.05) is 13.8 Å². The maximum absolute atomic E-state index is 10.3. The Kier molecular flexibility index (Phi) is 2.36. The molecule has 0 saturated carbocycles. The van der Waals surface area contributed by atoms with Crippen LogP contribution in [0, 0.1) is 5.92 Å². The molecular formula is C7H10N2O2. The van der Waals surface area contributed by atoms with E-state index in [4.69, 9.17) is 0 Å². The first kappa shape index (κ1) is 7.91. The van der Waals surface area contributed by atoms with E-state index in [9.17, 15) is 4.79 Å². The van der Waals surface area contributed by atoms with Gasteiger partial charge in [-0.2, -0.15) is 0 Å². The summed E-state index contributed by atoms with van der Waals surface area (Å²) in [5, 5.41) is 7.04. The average Bonchev–Trinajstić information content (AvgIpc) is 2.34. The Morgan fingerprint density at radius 3 is 2.82 bits per heavy atom. The zero-order valence-corrected chi connectivity index (χ0v) is 6.57. The molecule has 0 radical (unpaired) electrons. The van der Waals surface area contributed by atoms with Gasteiger partial charge in [0.15, 0.2) is 12.0 Å². The minimum Gasteiger partial charge on any atom is -0.296 e. The molecule has 0 aliphatic heterocycles. The van der Waals surface area contributed by atoms with Gasteiger partial charge < -0.3 is 0 Å². The van der Waals surface area contributed by atoms with Crippen LogP contribution in [0.15, 0.2) is 4.63 Å². The summed E-state index contributed by atoms with van der Waals surface area (Å²) >= 11 is 0. The number of aromatic nitrogens is 2. The summed E-state index contributed by atoms with van der Waals surface area (Å²) in [6.07, 6.45) is 1.39. The second kappa shape index (κ2) is 3.27. The molecule has 0 N–H and O–H groups in total. The van der Waals surface area contributed by atoms with Crippen LogP contribution in [-0.2, 0) is 6.42 Å². The fourth-order valence-corrected chi connectivity index (χ4v) is 0.831. The minimum atomic E-state index is 0.318. The highest BCUT2D eigenvalue weighted by molar-refractivity contribution is 5.72. The van der Waals surface area contributed by atoms with Gasteiger partial charge in [0.2, 0.25) is 0 Å². The smallest absolute Gasteiger partial charge is 0.173 e. The molecule has 60 valence electrons. The summed E-state index contributed by atoms with van der Waals surface area (Å²) < 4.78 is 4.41. The lowest BCUT2D eigenvalue weighted by Gasteiger charge is -1.97. The maximum Gasteiger partial charge on any atom is 0.173 e. The van der Waals surface area contributed by atoms with Crippen LogP contribution in [0.3, 0.4) is 0 Å². The quantitative estimate of drug-likeness (QED) is 0.611. The van der Waals surface area contributed by atoms with Crippen LogP contribution in [0.2, 0.25) is 0 Å². The topological polar surface area (TPSA) is 56.0 Å². The highest BCUT2D eigenvalue weighted by atomic mass is 16.6. The molecule has 11 heavy (non-hydrogen) atoms. The van der Waals surface area contributed by atoms with Crippen molar-refractivity contribution in [3.63, 3.8) is 0 Å². The monoisotopic (exact) mass is 154 g/mol. The van der Waals surface area contributed by atoms with E-state index in [0.717, 1.165) is 6.42 Å². The highest BCUT2D eigenvalue weighted by Crippen LogP contribution is 2.06. The Morgan fingerprint density at radius 2 is 2.27 bits per heavy atom. The Labute approximate surface area is 64.6 Å². The molecule has 1 rings (SSSR count). The first-order chi connectivity index (χ1) is 5.24. The summed E-state index contributed by atoms with van der Waals surface area (Å²) in [5.41, 5.74) is 0.966. The van der Waals surface area contributed by atoms with Crippen LogP contribution < -0.4 is 0 Å². The molecule has 0 unspecified atom stereocenters. The molecule has 4 nitrogen and oxygen atoms in total. The lowest BCUT2D eigenvalue weighted by Crippen LogP contribution is -1.97. The van der Waals surface area contributed by atoms with Gasteiger partial charge in [-0.05, 0) is 17.5 Å². The highest BCUT2D eigenvalue weighted by Gasteiger charge is 2.09. The van der Waals surface area contributed by atoms with E-state index in [1.54, 1.807) is 0 Å². The third-order valence-corrected chi connectivity index (χ3v) is 1.30. The summed E-state index contributed by atoms with van der Waals surface area (Å²) in [7, 11) is 0. The minimum absolute atomic E-state index is 0.318. The van der Waals surface area contributed by atoms with Gasteiger partial charge in [-0.1, -0.05) is 19.0 Å². The summed E-state index contributed by atoms with van der Waals surface area (Å²) in [6.45, 7) is 4.09. The van der Waals surface area contributed by atoms with Crippen LogP contribution in [-0.4, -0.2) is 16.6 Å². The molecule has 0 aromatic carbocycles. The van der Waals surface area contributed by atoms with Gasteiger partial charge in [0, 0.05) is 0 Å². The zero-order chi connectivity index (χ0) is 8.27. The van der Waals surface area contributed by atoms with Crippen molar-refractivity contribution >= 4 is 6.29 Å². The van der Waals surface area contributed by atoms with E-state index in [2.05, 4.69) is 14.9 Å². The van der Waals surface area contributed by atoms with E-state index < -0.39 is 0 Å². The third kappa shape index (κ3) is 1.86. The molecule has 0 spiro atoms. The Morgan fingerprint density at radius 1 is 1.55 bits per heavy atom. The molecule has 1 aromatic rings. The Bertz CT molecular complexity index is 242. The van der Waals surface area contributed by atoms with Crippen molar-refractivity contribution in [2.24, 2.45) is 5.92 Å². The van der Waals surface area contributed by atoms with Gasteiger partial charge in [-0.3, -0.25) is 4.79 Å². The number of aldehydes is 1. The molecule has 4 heteroatoms. The molecule has 0 amide bonds. The SMILES string of the molecule is CC(C)Cc1nonc1C=O. The number of rotatable bonds is 3. The van der Waals surface area contributed by atoms with Gasteiger partial charge in [-0.25, -0.2) is 4.63 Å². The molecule has 0 aliphatic rings. The summed E-state index contributed by atoms with van der Waals surface area (Å²) in [5.74, 6) is 0.459. The number of nitrogens with zero attached hydrogens (tertiary/aromatic N) is 2. The van der Waals surface area contributed by atoms with Crippen molar-refractivity contribution in [2.75, 3.05) is 0 Å². The van der Waals surface area contributed by atoms with Gasteiger partial charge in [0.25, 0.3) is 0 Å². The first-order valence-electron chi connectivity index (χ1n) is 3.50. The van der Waals surface area contributed by atoms with E-state index in [-0.39, 0.29) is 0 Å². The standard InChI is InChI=1S/C7H10N2O2/c1-5(2)3-6-7(4-10)9-11-8-6/h4-5H,3H2,1-2H3. The van der Waals surface area contributed by atoms with Crippen LogP contribution in [0.25, 0.3) is 0 Å². The summed E-state index contributed by atoms with van der Waals surface area (Å²) in [6, 6.07) is 0. The number of carbonyl (C=O) groups excluding carboxylic acids is 1. The molecule has 1 aromatic heterocycles. The normalized spacial score (nSPS) is 10.5. The van der Waals surface area contributed by atoms with Crippen molar-refractivity contribution in [1.82, 2.24) is 10.3 Å². The number of hydrogen-bond acceptors (Lipinski definition) is 4. The number of carbonyl (C=O) groups is 1. The van der Waals surface area contributed by atoms with Crippen LogP contribution >= 0.6 is 0 Å². The van der Waals surface area contributed by atoms with Gasteiger partial charge in [0.1, 0.15) is 5.69 Å². The largest absolute Gasteiger partial charge is 0.296 e. The molecular weight excluding hydrogens is 144 g/mol. The molecule has 0 saturated heterocycles.